The number of amides is 3. The number of piperidine rings is 1. The number of nitrogens with one attached hydrogen (secondary N) is 3. The Morgan fingerprint density at radius 3 is 2.88 bits per heavy atom. The average Bonchev–Trinajstić information content (AvgIpc) is 3.40. The minimum Gasteiger partial charge on any atom is -0.337 e. The second kappa shape index (κ2) is 9.65. The van der Waals surface area contributed by atoms with E-state index in [9.17, 15) is 14.4 Å². The van der Waals surface area contributed by atoms with Crippen LogP contribution in [0.25, 0.3) is 0 Å². The Hall–Kier alpha value is -3.08. The zero-order valence-corrected chi connectivity index (χ0v) is 19.4. The summed E-state index contributed by atoms with van der Waals surface area (Å²) in [5.74, 6) is 0.289. The number of aryl methyl sites for hydroxylation is 1. The molecule has 4 heterocycles. The molecular formula is C24H31N7O3. The number of hydrogen-bond acceptors (Lipinski definition) is 7. The molecule has 3 aliphatic rings. The molecule has 2 fully saturated rings. The molecule has 2 atom stereocenters. The average molecular weight is 466 g/mol. The van der Waals surface area contributed by atoms with E-state index in [1.807, 2.05) is 37.6 Å². The van der Waals surface area contributed by atoms with E-state index >= 15 is 0 Å². The summed E-state index contributed by atoms with van der Waals surface area (Å²) >= 11 is 0. The summed E-state index contributed by atoms with van der Waals surface area (Å²) in [6.07, 6.45) is 4.47. The van der Waals surface area contributed by atoms with E-state index in [-0.39, 0.29) is 30.2 Å². The summed E-state index contributed by atoms with van der Waals surface area (Å²) in [5, 5.41) is 9.32. The lowest BCUT2D eigenvalue weighted by Gasteiger charge is -2.35. The van der Waals surface area contributed by atoms with Crippen molar-refractivity contribution in [1.82, 2.24) is 35.3 Å². The minimum atomic E-state index is -0.579. The van der Waals surface area contributed by atoms with Crippen LogP contribution < -0.4 is 16.0 Å². The van der Waals surface area contributed by atoms with Crippen molar-refractivity contribution >= 4 is 17.7 Å². The highest BCUT2D eigenvalue weighted by Crippen LogP contribution is 2.28. The Balaban J connectivity index is 1.16. The van der Waals surface area contributed by atoms with Gasteiger partial charge in [-0.3, -0.25) is 24.6 Å². The maximum absolute atomic E-state index is 13.0. The van der Waals surface area contributed by atoms with Crippen LogP contribution >= 0.6 is 0 Å². The minimum absolute atomic E-state index is 0.134. The molecule has 1 aromatic heterocycles. The second-order valence-corrected chi connectivity index (χ2v) is 9.22. The molecule has 3 amide bonds. The number of fused-ring (bicyclic) bond motifs is 1. The molecule has 180 valence electrons. The predicted octanol–water partition coefficient (Wildman–Crippen LogP) is -0.0828. The molecule has 2 saturated heterocycles. The zero-order chi connectivity index (χ0) is 23.7. The van der Waals surface area contributed by atoms with Crippen molar-refractivity contribution in [3.63, 3.8) is 0 Å². The van der Waals surface area contributed by atoms with Gasteiger partial charge in [0.15, 0.2) is 0 Å². The van der Waals surface area contributed by atoms with Crippen LogP contribution in [-0.2, 0) is 29.7 Å². The first kappa shape index (κ1) is 22.7. The highest BCUT2D eigenvalue weighted by molar-refractivity contribution is 6.05. The van der Waals surface area contributed by atoms with Crippen molar-refractivity contribution in [2.45, 2.75) is 38.0 Å². The number of carbonyl (C=O) groups excluding carboxylic acids is 3. The van der Waals surface area contributed by atoms with Crippen LogP contribution in [0.3, 0.4) is 0 Å². The van der Waals surface area contributed by atoms with E-state index in [2.05, 4.69) is 30.4 Å². The molecule has 0 radical (unpaired) electrons. The number of piperazine rings is 1. The number of imide groups is 1. The fraction of sp³-hybridized carbons (Fsp3) is 0.500. The third kappa shape index (κ3) is 4.48. The molecule has 3 N–H and O–H groups in total. The van der Waals surface area contributed by atoms with Gasteiger partial charge in [-0.25, -0.2) is 4.98 Å². The highest BCUT2D eigenvalue weighted by atomic mass is 16.2. The molecule has 3 aliphatic heterocycles. The summed E-state index contributed by atoms with van der Waals surface area (Å²) in [6, 6.07) is 5.62. The first-order valence-corrected chi connectivity index (χ1v) is 11.9. The summed E-state index contributed by atoms with van der Waals surface area (Å²) in [6.45, 7) is 5.65. The molecule has 0 saturated carbocycles. The van der Waals surface area contributed by atoms with Crippen molar-refractivity contribution < 1.29 is 14.4 Å². The third-order valence-corrected chi connectivity index (χ3v) is 7.01. The van der Waals surface area contributed by atoms with Crippen molar-refractivity contribution in [3.05, 3.63) is 53.1 Å². The SMILES string of the molecule is Cn1ccnc1C1CNCCN1CCNCc1ccc2c(c1)C(=O)N(C1CCC(=O)NC1=O)C2. The van der Waals surface area contributed by atoms with Crippen LogP contribution in [0, 0.1) is 0 Å². The molecule has 10 heteroatoms. The Morgan fingerprint density at radius 1 is 1.21 bits per heavy atom. The van der Waals surface area contributed by atoms with Crippen molar-refractivity contribution in [2.24, 2.45) is 7.05 Å². The number of hydrogen-bond donors (Lipinski definition) is 3. The van der Waals surface area contributed by atoms with Gasteiger partial charge in [-0.15, -0.1) is 0 Å². The monoisotopic (exact) mass is 465 g/mol. The van der Waals surface area contributed by atoms with Gasteiger partial charge in [0.05, 0.1) is 6.04 Å². The van der Waals surface area contributed by atoms with Gasteiger partial charge in [-0.2, -0.15) is 0 Å². The standard InChI is InChI=1S/C24H31N7O3/c1-29-9-8-27-22(29)20-14-26-7-11-30(20)10-6-25-13-16-2-3-17-15-31(24(34)18(17)12-16)19-4-5-21(32)28-23(19)33/h2-3,8-9,12,19-20,25-26H,4-7,10-11,13-15H2,1H3,(H,28,32,33). The number of imidazole rings is 1. The first-order chi connectivity index (χ1) is 16.5. The van der Waals surface area contributed by atoms with Gasteiger partial charge in [-0.1, -0.05) is 12.1 Å². The van der Waals surface area contributed by atoms with E-state index in [1.165, 1.54) is 0 Å². The lowest BCUT2D eigenvalue weighted by atomic mass is 10.0. The van der Waals surface area contributed by atoms with Gasteiger partial charge in [-0.05, 0) is 23.6 Å². The number of nitrogens with zero attached hydrogens (tertiary/aromatic N) is 4. The smallest absolute Gasteiger partial charge is 0.255 e. The number of carbonyl (C=O) groups is 3. The van der Waals surface area contributed by atoms with Gasteiger partial charge in [0.25, 0.3) is 5.91 Å². The summed E-state index contributed by atoms with van der Waals surface area (Å²) < 4.78 is 2.08. The molecular weight excluding hydrogens is 434 g/mol. The van der Waals surface area contributed by atoms with Crippen molar-refractivity contribution in [1.29, 1.82) is 0 Å². The van der Waals surface area contributed by atoms with E-state index in [1.54, 1.807) is 4.90 Å². The number of aromatic nitrogens is 2. The van der Waals surface area contributed by atoms with Crippen LogP contribution in [0.4, 0.5) is 0 Å². The normalized spacial score (nSPS) is 23.3. The Morgan fingerprint density at radius 2 is 2.09 bits per heavy atom. The van der Waals surface area contributed by atoms with Gasteiger partial charge in [0, 0.05) is 77.2 Å². The summed E-state index contributed by atoms with van der Waals surface area (Å²) in [4.78, 5) is 45.3. The Kier molecular flexibility index (Phi) is 6.44. The van der Waals surface area contributed by atoms with Crippen LogP contribution in [0.1, 0.15) is 46.2 Å². The van der Waals surface area contributed by atoms with Crippen LogP contribution in [0.2, 0.25) is 0 Å². The quantitative estimate of drug-likeness (QED) is 0.387. The van der Waals surface area contributed by atoms with Crippen LogP contribution in [0.15, 0.2) is 30.6 Å². The van der Waals surface area contributed by atoms with Crippen molar-refractivity contribution in [3.8, 4) is 0 Å². The Bertz CT molecular complexity index is 1100. The first-order valence-electron chi connectivity index (χ1n) is 11.9. The van der Waals surface area contributed by atoms with Gasteiger partial charge in [0.2, 0.25) is 11.8 Å². The molecule has 1 aromatic carbocycles. The largest absolute Gasteiger partial charge is 0.337 e. The molecule has 10 nitrogen and oxygen atoms in total. The molecule has 0 aliphatic carbocycles. The molecule has 2 unspecified atom stereocenters. The molecule has 5 rings (SSSR count). The van der Waals surface area contributed by atoms with Crippen LogP contribution in [0.5, 0.6) is 0 Å². The van der Waals surface area contributed by atoms with E-state index in [4.69, 9.17) is 0 Å². The van der Waals surface area contributed by atoms with E-state index in [0.29, 0.717) is 25.1 Å². The third-order valence-electron chi connectivity index (χ3n) is 7.01. The van der Waals surface area contributed by atoms with E-state index < -0.39 is 6.04 Å². The van der Waals surface area contributed by atoms with Crippen LogP contribution in [-0.4, -0.2) is 75.8 Å². The lowest BCUT2D eigenvalue weighted by molar-refractivity contribution is -0.136. The van der Waals surface area contributed by atoms with Gasteiger partial charge in [0.1, 0.15) is 11.9 Å². The van der Waals surface area contributed by atoms with Gasteiger partial charge >= 0.3 is 0 Å². The topological polar surface area (TPSA) is 112 Å². The summed E-state index contributed by atoms with van der Waals surface area (Å²) in [7, 11) is 2.03. The van der Waals surface area contributed by atoms with Crippen molar-refractivity contribution in [2.75, 3.05) is 32.7 Å². The molecule has 34 heavy (non-hydrogen) atoms. The highest BCUT2D eigenvalue weighted by Gasteiger charge is 2.39. The zero-order valence-electron chi connectivity index (χ0n) is 19.4. The van der Waals surface area contributed by atoms with Gasteiger partial charge < -0.3 is 20.1 Å². The predicted molar refractivity (Wildman–Crippen MR) is 125 cm³/mol. The molecule has 0 bridgehead atoms. The Labute approximate surface area is 198 Å². The van der Waals surface area contributed by atoms with E-state index in [0.717, 1.165) is 49.7 Å². The molecule has 0 spiro atoms. The molecule has 2 aromatic rings. The second-order valence-electron chi connectivity index (χ2n) is 9.22. The summed E-state index contributed by atoms with van der Waals surface area (Å²) in [5.41, 5.74) is 2.62. The lowest BCUT2D eigenvalue weighted by Crippen LogP contribution is -2.52. The maximum atomic E-state index is 13.0. The fourth-order valence-corrected chi connectivity index (χ4v) is 5.13. The number of rotatable bonds is 7. The fourth-order valence-electron chi connectivity index (χ4n) is 5.13. The number of benzene rings is 1. The maximum Gasteiger partial charge on any atom is 0.255 e.